The molecule has 0 atom stereocenters. The van der Waals surface area contributed by atoms with Crippen molar-refractivity contribution in [1.82, 2.24) is 14.5 Å². The maximum absolute atomic E-state index is 13.0. The molecule has 142 valence electrons. The molecule has 0 fully saturated rings. The van der Waals surface area contributed by atoms with Crippen LogP contribution < -0.4 is 16.6 Å². The van der Waals surface area contributed by atoms with E-state index in [1.807, 2.05) is 0 Å². The van der Waals surface area contributed by atoms with Crippen LogP contribution in [0.4, 0.5) is 0 Å². The third-order valence-corrected chi connectivity index (χ3v) is 5.29. The number of fused-ring (bicyclic) bond motifs is 1. The highest BCUT2D eigenvalue weighted by atomic mass is 35.5. The van der Waals surface area contributed by atoms with Crippen LogP contribution in [0.3, 0.4) is 0 Å². The van der Waals surface area contributed by atoms with E-state index in [1.165, 1.54) is 15.9 Å². The fraction of sp³-hybridized carbons (Fsp3) is 0.316. The lowest BCUT2D eigenvalue weighted by atomic mass is 10.1. The second kappa shape index (κ2) is 8.10. The molecule has 0 saturated carbocycles. The minimum absolute atomic E-state index is 0.148. The van der Waals surface area contributed by atoms with E-state index in [-0.39, 0.29) is 12.5 Å². The highest BCUT2D eigenvalue weighted by molar-refractivity contribution is 7.17. The van der Waals surface area contributed by atoms with Gasteiger partial charge in [-0.3, -0.25) is 14.2 Å². The molecule has 0 aliphatic rings. The zero-order valence-corrected chi connectivity index (χ0v) is 16.6. The first-order chi connectivity index (χ1) is 12.9. The minimum atomic E-state index is -0.563. The van der Waals surface area contributed by atoms with Gasteiger partial charge in [0, 0.05) is 11.6 Å². The van der Waals surface area contributed by atoms with E-state index in [9.17, 15) is 14.4 Å². The van der Waals surface area contributed by atoms with Crippen molar-refractivity contribution in [2.45, 2.75) is 26.8 Å². The molecule has 2 aromatic heterocycles. The second-order valence-electron chi connectivity index (χ2n) is 6.66. The number of carbonyl (C=O) groups is 1. The molecule has 1 aromatic carbocycles. The van der Waals surface area contributed by atoms with E-state index in [0.717, 1.165) is 11.0 Å². The summed E-state index contributed by atoms with van der Waals surface area (Å²) in [6.07, 6.45) is 0.858. The number of carbonyl (C=O) groups excluding carboxylic acids is 1. The Morgan fingerprint density at radius 1 is 1.26 bits per heavy atom. The van der Waals surface area contributed by atoms with Crippen molar-refractivity contribution in [3.63, 3.8) is 0 Å². The van der Waals surface area contributed by atoms with Crippen molar-refractivity contribution in [3.8, 4) is 5.69 Å². The lowest BCUT2D eigenvalue weighted by Gasteiger charge is -2.13. The molecule has 0 aliphatic carbocycles. The molecule has 27 heavy (non-hydrogen) atoms. The predicted molar refractivity (Wildman–Crippen MR) is 109 cm³/mol. The summed E-state index contributed by atoms with van der Waals surface area (Å²) >= 11 is 7.26. The number of nitrogens with one attached hydrogen (secondary N) is 1. The fourth-order valence-corrected chi connectivity index (χ4v) is 3.79. The standard InChI is InChI=1S/C19H20ClN3O3S/c1-12(2)6-8-21-16(24)11-22-15-7-9-27-17(15)18(25)23(19(22)26)14-5-3-4-13(20)10-14/h3-5,7,9-10,12H,6,8,11H2,1-2H3,(H,21,24). The molecule has 6 nitrogen and oxygen atoms in total. The van der Waals surface area contributed by atoms with Crippen LogP contribution in [-0.4, -0.2) is 21.6 Å². The van der Waals surface area contributed by atoms with Gasteiger partial charge in [-0.05, 0) is 42.0 Å². The van der Waals surface area contributed by atoms with Gasteiger partial charge in [0.25, 0.3) is 5.56 Å². The molecule has 0 spiro atoms. The van der Waals surface area contributed by atoms with E-state index in [2.05, 4.69) is 19.2 Å². The molecule has 0 radical (unpaired) electrons. The molecule has 1 N–H and O–H groups in total. The van der Waals surface area contributed by atoms with Crippen molar-refractivity contribution in [2.24, 2.45) is 5.92 Å². The summed E-state index contributed by atoms with van der Waals surface area (Å²) in [6.45, 7) is 4.55. The van der Waals surface area contributed by atoms with Crippen LogP contribution in [0, 0.1) is 5.92 Å². The fourth-order valence-electron chi connectivity index (χ4n) is 2.78. The highest BCUT2D eigenvalue weighted by Gasteiger charge is 2.17. The zero-order chi connectivity index (χ0) is 19.6. The van der Waals surface area contributed by atoms with Crippen molar-refractivity contribution in [1.29, 1.82) is 0 Å². The Balaban J connectivity index is 2.05. The summed E-state index contributed by atoms with van der Waals surface area (Å²) in [4.78, 5) is 38.2. The quantitative estimate of drug-likeness (QED) is 0.685. The van der Waals surface area contributed by atoms with E-state index in [4.69, 9.17) is 11.6 Å². The van der Waals surface area contributed by atoms with E-state index < -0.39 is 11.2 Å². The van der Waals surface area contributed by atoms with Crippen molar-refractivity contribution in [3.05, 3.63) is 61.6 Å². The summed E-state index contributed by atoms with van der Waals surface area (Å²) in [5.74, 6) is 0.211. The van der Waals surface area contributed by atoms with Gasteiger partial charge < -0.3 is 5.32 Å². The molecule has 3 aromatic rings. The number of nitrogens with zero attached hydrogens (tertiary/aromatic N) is 2. The van der Waals surface area contributed by atoms with Gasteiger partial charge >= 0.3 is 5.69 Å². The number of aromatic nitrogens is 2. The van der Waals surface area contributed by atoms with Crippen LogP contribution in [0.25, 0.3) is 15.9 Å². The molecule has 0 unspecified atom stereocenters. The van der Waals surface area contributed by atoms with Crippen LogP contribution in [0.1, 0.15) is 20.3 Å². The van der Waals surface area contributed by atoms with Crippen molar-refractivity contribution < 1.29 is 4.79 Å². The van der Waals surface area contributed by atoms with Gasteiger partial charge in [-0.25, -0.2) is 9.36 Å². The molecule has 0 bridgehead atoms. The first kappa shape index (κ1) is 19.4. The maximum atomic E-state index is 13.0. The maximum Gasteiger partial charge on any atom is 0.336 e. The Hall–Kier alpha value is -2.38. The average molecular weight is 406 g/mol. The number of rotatable bonds is 6. The predicted octanol–water partition coefficient (Wildman–Crippen LogP) is 3.03. The summed E-state index contributed by atoms with van der Waals surface area (Å²) in [5.41, 5.74) is -0.134. The van der Waals surface area contributed by atoms with E-state index in [0.29, 0.717) is 33.4 Å². The summed E-state index contributed by atoms with van der Waals surface area (Å²) in [7, 11) is 0. The third kappa shape index (κ3) is 4.14. The Labute approximate surface area is 165 Å². The smallest absolute Gasteiger partial charge is 0.336 e. The normalized spacial score (nSPS) is 11.3. The summed E-state index contributed by atoms with van der Waals surface area (Å²) in [5, 5.41) is 4.98. The molecule has 3 rings (SSSR count). The van der Waals surface area contributed by atoms with Crippen LogP contribution in [0.5, 0.6) is 0 Å². The zero-order valence-electron chi connectivity index (χ0n) is 15.1. The van der Waals surface area contributed by atoms with Gasteiger partial charge in [0.1, 0.15) is 11.2 Å². The molecule has 0 aliphatic heterocycles. The van der Waals surface area contributed by atoms with Gasteiger partial charge in [-0.15, -0.1) is 11.3 Å². The molecular formula is C19H20ClN3O3S. The Morgan fingerprint density at radius 2 is 2.04 bits per heavy atom. The summed E-state index contributed by atoms with van der Waals surface area (Å²) < 4.78 is 2.81. The topological polar surface area (TPSA) is 73.1 Å². The van der Waals surface area contributed by atoms with Gasteiger partial charge in [0.15, 0.2) is 0 Å². The molecule has 8 heteroatoms. The van der Waals surface area contributed by atoms with Crippen LogP contribution in [0.15, 0.2) is 45.3 Å². The molecular weight excluding hydrogens is 386 g/mol. The summed E-state index contributed by atoms with van der Waals surface area (Å²) in [6, 6.07) is 8.22. The van der Waals surface area contributed by atoms with Gasteiger partial charge in [0.2, 0.25) is 5.91 Å². The average Bonchev–Trinajstić information content (AvgIpc) is 3.08. The number of halogens is 1. The Kier molecular flexibility index (Phi) is 5.82. The minimum Gasteiger partial charge on any atom is -0.355 e. The Bertz CT molecular complexity index is 1100. The van der Waals surface area contributed by atoms with Gasteiger partial charge in [-0.1, -0.05) is 31.5 Å². The lowest BCUT2D eigenvalue weighted by molar-refractivity contribution is -0.121. The van der Waals surface area contributed by atoms with E-state index >= 15 is 0 Å². The second-order valence-corrected chi connectivity index (χ2v) is 8.01. The number of thiophene rings is 1. The largest absolute Gasteiger partial charge is 0.355 e. The van der Waals surface area contributed by atoms with Crippen molar-refractivity contribution >= 4 is 39.1 Å². The number of hydrogen-bond acceptors (Lipinski definition) is 4. The SMILES string of the molecule is CC(C)CCNC(=O)Cn1c(=O)n(-c2cccc(Cl)c2)c(=O)c2sccc21. The number of amides is 1. The number of benzene rings is 1. The van der Waals surface area contributed by atoms with Crippen LogP contribution in [-0.2, 0) is 11.3 Å². The highest BCUT2D eigenvalue weighted by Crippen LogP contribution is 2.17. The molecule has 2 heterocycles. The monoisotopic (exact) mass is 405 g/mol. The molecule has 1 amide bonds. The molecule has 0 saturated heterocycles. The van der Waals surface area contributed by atoms with Crippen LogP contribution in [0.2, 0.25) is 5.02 Å². The van der Waals surface area contributed by atoms with Gasteiger partial charge in [-0.2, -0.15) is 0 Å². The first-order valence-electron chi connectivity index (χ1n) is 8.64. The number of hydrogen-bond donors (Lipinski definition) is 1. The van der Waals surface area contributed by atoms with Crippen molar-refractivity contribution in [2.75, 3.05) is 6.54 Å². The Morgan fingerprint density at radius 3 is 2.74 bits per heavy atom. The third-order valence-electron chi connectivity index (χ3n) is 4.17. The van der Waals surface area contributed by atoms with E-state index in [1.54, 1.807) is 35.7 Å². The first-order valence-corrected chi connectivity index (χ1v) is 9.90. The lowest BCUT2D eigenvalue weighted by Crippen LogP contribution is -2.41. The van der Waals surface area contributed by atoms with Crippen LogP contribution >= 0.6 is 22.9 Å². The van der Waals surface area contributed by atoms with Gasteiger partial charge in [0.05, 0.1) is 11.2 Å².